The Morgan fingerprint density at radius 3 is 2.00 bits per heavy atom. The molecule has 0 aromatic carbocycles. The van der Waals surface area contributed by atoms with Gasteiger partial charge in [0, 0.05) is 12.1 Å². The lowest BCUT2D eigenvalue weighted by atomic mass is 9.65. The maximum absolute atomic E-state index is 6.11. The van der Waals surface area contributed by atoms with E-state index in [0.717, 1.165) is 5.92 Å². The summed E-state index contributed by atoms with van der Waals surface area (Å²) in [7, 11) is 0. The highest BCUT2D eigenvalue weighted by Crippen LogP contribution is 2.44. The number of hydrogen-bond donors (Lipinski definition) is 2. The molecule has 2 nitrogen and oxygen atoms in total. The van der Waals surface area contributed by atoms with Gasteiger partial charge in [0.1, 0.15) is 0 Å². The molecule has 0 aromatic rings. The smallest absolute Gasteiger partial charge is 0.00618 e. The van der Waals surface area contributed by atoms with Crippen molar-refractivity contribution in [2.75, 3.05) is 0 Å². The number of hydrogen-bond acceptors (Lipinski definition) is 2. The Kier molecular flexibility index (Phi) is 10.5. The second-order valence-corrected chi connectivity index (χ2v) is 9.19. The summed E-state index contributed by atoms with van der Waals surface area (Å²) in [6.45, 7) is 9.40. The average molecular weight is 339 g/mol. The molecule has 2 unspecified atom stereocenters. The van der Waals surface area contributed by atoms with Gasteiger partial charge in [-0.3, -0.25) is 0 Å². The predicted molar refractivity (Wildman–Crippen MR) is 108 cm³/mol. The van der Waals surface area contributed by atoms with Crippen LogP contribution in [0.5, 0.6) is 0 Å². The first-order chi connectivity index (χ1) is 11.4. The van der Waals surface area contributed by atoms with Crippen LogP contribution in [-0.2, 0) is 0 Å². The van der Waals surface area contributed by atoms with Crippen LogP contribution in [0.1, 0.15) is 111 Å². The van der Waals surface area contributed by atoms with Gasteiger partial charge < -0.3 is 11.5 Å². The highest BCUT2D eigenvalue weighted by molar-refractivity contribution is 4.86. The Bertz CT molecular complexity index is 307. The summed E-state index contributed by atoms with van der Waals surface area (Å²) in [5.41, 5.74) is 12.8. The van der Waals surface area contributed by atoms with E-state index in [4.69, 9.17) is 11.5 Å². The highest BCUT2D eigenvalue weighted by atomic mass is 14.6. The molecule has 0 aliphatic heterocycles. The summed E-state index contributed by atoms with van der Waals surface area (Å²) in [6, 6.07) is 0.880. The van der Waals surface area contributed by atoms with Gasteiger partial charge in [-0.05, 0) is 55.8 Å². The molecule has 1 rings (SSSR count). The fraction of sp³-hybridized carbons (Fsp3) is 1.00. The number of rotatable bonds is 12. The molecule has 1 aliphatic rings. The fourth-order valence-corrected chi connectivity index (χ4v) is 4.44. The lowest BCUT2D eigenvalue weighted by Crippen LogP contribution is -2.34. The number of unbranched alkanes of at least 4 members (excludes halogenated alkanes) is 5. The van der Waals surface area contributed by atoms with E-state index in [1.165, 1.54) is 83.5 Å². The first-order valence-corrected chi connectivity index (χ1v) is 10.9. The van der Waals surface area contributed by atoms with Gasteiger partial charge in [-0.15, -0.1) is 0 Å². The highest BCUT2D eigenvalue weighted by Gasteiger charge is 2.34. The minimum absolute atomic E-state index is 0.402. The Labute approximate surface area is 152 Å². The molecule has 1 fully saturated rings. The van der Waals surface area contributed by atoms with Gasteiger partial charge in [0.2, 0.25) is 0 Å². The molecule has 2 atom stereocenters. The normalized spacial score (nSPS) is 25.6. The first kappa shape index (κ1) is 22.0. The number of nitrogens with two attached hydrogens (primary N) is 2. The van der Waals surface area contributed by atoms with Gasteiger partial charge in [-0.25, -0.2) is 0 Å². The third-order valence-electron chi connectivity index (χ3n) is 6.96. The van der Waals surface area contributed by atoms with Crippen molar-refractivity contribution in [1.82, 2.24) is 0 Å². The third-order valence-corrected chi connectivity index (χ3v) is 6.96. The molecule has 0 heterocycles. The van der Waals surface area contributed by atoms with Crippen LogP contribution in [0.25, 0.3) is 0 Å². The molecule has 0 saturated heterocycles. The summed E-state index contributed by atoms with van der Waals surface area (Å²) >= 11 is 0. The van der Waals surface area contributed by atoms with Gasteiger partial charge in [0.25, 0.3) is 0 Å². The van der Waals surface area contributed by atoms with E-state index >= 15 is 0 Å². The zero-order valence-electron chi connectivity index (χ0n) is 17.2. The summed E-state index contributed by atoms with van der Waals surface area (Å²) in [6.07, 6.45) is 17.5. The molecule has 0 amide bonds. The molecular formula is C22H46N2. The van der Waals surface area contributed by atoms with E-state index in [9.17, 15) is 0 Å². The van der Waals surface area contributed by atoms with Gasteiger partial charge in [0.15, 0.2) is 0 Å². The van der Waals surface area contributed by atoms with Crippen molar-refractivity contribution in [1.29, 1.82) is 0 Å². The van der Waals surface area contributed by atoms with Crippen LogP contribution in [-0.4, -0.2) is 12.1 Å². The Balaban J connectivity index is 2.10. The van der Waals surface area contributed by atoms with Crippen LogP contribution in [0.15, 0.2) is 0 Å². The Morgan fingerprint density at radius 2 is 1.46 bits per heavy atom. The van der Waals surface area contributed by atoms with E-state index in [-0.39, 0.29) is 0 Å². The zero-order chi connectivity index (χ0) is 18.0. The van der Waals surface area contributed by atoms with E-state index < -0.39 is 0 Å². The molecule has 0 radical (unpaired) electrons. The third kappa shape index (κ3) is 7.87. The lowest BCUT2D eigenvalue weighted by molar-refractivity contribution is 0.109. The van der Waals surface area contributed by atoms with Gasteiger partial charge in [0.05, 0.1) is 0 Å². The van der Waals surface area contributed by atoms with Gasteiger partial charge >= 0.3 is 0 Å². The molecule has 1 saturated carbocycles. The lowest BCUT2D eigenvalue weighted by Gasteiger charge is -2.41. The Morgan fingerprint density at radius 1 is 0.917 bits per heavy atom. The van der Waals surface area contributed by atoms with Crippen LogP contribution >= 0.6 is 0 Å². The van der Waals surface area contributed by atoms with Crippen LogP contribution in [0.2, 0.25) is 0 Å². The van der Waals surface area contributed by atoms with Crippen molar-refractivity contribution in [3.63, 3.8) is 0 Å². The molecule has 2 heteroatoms. The van der Waals surface area contributed by atoms with Crippen molar-refractivity contribution in [3.8, 4) is 0 Å². The molecule has 0 bridgehead atoms. The van der Waals surface area contributed by atoms with E-state index in [0.29, 0.717) is 23.4 Å². The molecule has 0 aromatic heterocycles. The van der Waals surface area contributed by atoms with Crippen molar-refractivity contribution in [2.45, 2.75) is 123 Å². The topological polar surface area (TPSA) is 52.0 Å². The van der Waals surface area contributed by atoms with Crippen molar-refractivity contribution in [3.05, 3.63) is 0 Å². The van der Waals surface area contributed by atoms with Crippen molar-refractivity contribution in [2.24, 2.45) is 28.7 Å². The maximum Gasteiger partial charge on any atom is 0.00618 e. The maximum atomic E-state index is 6.11. The SMILES string of the molecule is CCC(C)(CCCCCCCCC(N)C(C)C)C1CCC(N)CC1. The standard InChI is InChI=1S/C22H46N2/c1-5-22(4,19-13-15-20(23)16-14-19)17-11-9-7-6-8-10-12-21(24)18(2)3/h18-21H,5-17,23-24H2,1-4H3. The monoisotopic (exact) mass is 338 g/mol. The zero-order valence-corrected chi connectivity index (χ0v) is 17.2. The van der Waals surface area contributed by atoms with Gasteiger partial charge in [-0.1, -0.05) is 72.6 Å². The minimum atomic E-state index is 0.402. The predicted octanol–water partition coefficient (Wildman–Crippen LogP) is 6.02. The first-order valence-electron chi connectivity index (χ1n) is 10.9. The van der Waals surface area contributed by atoms with E-state index in [2.05, 4.69) is 27.7 Å². The summed E-state index contributed by atoms with van der Waals surface area (Å²) < 4.78 is 0. The van der Waals surface area contributed by atoms with Crippen LogP contribution in [0.4, 0.5) is 0 Å². The van der Waals surface area contributed by atoms with E-state index in [1.54, 1.807) is 0 Å². The van der Waals surface area contributed by atoms with Crippen molar-refractivity contribution < 1.29 is 0 Å². The second kappa shape index (κ2) is 11.5. The van der Waals surface area contributed by atoms with Crippen LogP contribution in [0, 0.1) is 17.3 Å². The van der Waals surface area contributed by atoms with Gasteiger partial charge in [-0.2, -0.15) is 0 Å². The minimum Gasteiger partial charge on any atom is -0.328 e. The Hall–Kier alpha value is -0.0800. The molecule has 0 spiro atoms. The average Bonchev–Trinajstić information content (AvgIpc) is 2.57. The molecular weight excluding hydrogens is 292 g/mol. The summed E-state index contributed by atoms with van der Waals surface area (Å²) in [5, 5.41) is 0. The van der Waals surface area contributed by atoms with Crippen LogP contribution in [0.3, 0.4) is 0 Å². The largest absolute Gasteiger partial charge is 0.328 e. The summed E-state index contributed by atoms with van der Waals surface area (Å²) in [4.78, 5) is 0. The molecule has 24 heavy (non-hydrogen) atoms. The van der Waals surface area contributed by atoms with Crippen LogP contribution < -0.4 is 11.5 Å². The second-order valence-electron chi connectivity index (χ2n) is 9.19. The fourth-order valence-electron chi connectivity index (χ4n) is 4.44. The molecule has 144 valence electrons. The quantitative estimate of drug-likeness (QED) is 0.427. The van der Waals surface area contributed by atoms with E-state index in [1.807, 2.05) is 0 Å². The molecule has 4 N–H and O–H groups in total. The molecule has 1 aliphatic carbocycles. The summed E-state index contributed by atoms with van der Waals surface area (Å²) in [5.74, 6) is 1.55. The van der Waals surface area contributed by atoms with Crippen molar-refractivity contribution >= 4 is 0 Å².